The zero-order chi connectivity index (χ0) is 9.42. The van der Waals surface area contributed by atoms with E-state index in [4.69, 9.17) is 11.6 Å². The van der Waals surface area contributed by atoms with Gasteiger partial charge in [0.25, 0.3) is 5.24 Å². The summed E-state index contributed by atoms with van der Waals surface area (Å²) in [5.41, 5.74) is 1.09. The summed E-state index contributed by atoms with van der Waals surface area (Å²) in [4.78, 5) is 17.4. The summed E-state index contributed by atoms with van der Waals surface area (Å²) in [6, 6.07) is 3.09. The number of carbonyl (C=O) groups excluding carboxylic acids is 1. The van der Waals surface area contributed by atoms with E-state index in [1.54, 1.807) is 6.07 Å². The molecule has 2 rings (SSSR count). The van der Waals surface area contributed by atoms with Crippen LogP contribution in [-0.2, 0) is 0 Å². The van der Waals surface area contributed by atoms with Crippen LogP contribution in [-0.4, -0.2) is 20.3 Å². The highest BCUT2D eigenvalue weighted by molar-refractivity contribution is 6.68. The maximum atomic E-state index is 10.8. The van der Waals surface area contributed by atoms with Gasteiger partial charge in [-0.2, -0.15) is 0 Å². The smallest absolute Gasteiger partial charge is 0.256 e. The van der Waals surface area contributed by atoms with Crippen LogP contribution in [0.15, 0.2) is 18.5 Å². The van der Waals surface area contributed by atoms with E-state index in [2.05, 4.69) is 9.97 Å². The molecule has 1 aromatic carbocycles. The van der Waals surface area contributed by atoms with Gasteiger partial charge >= 0.3 is 0 Å². The third-order valence-corrected chi connectivity index (χ3v) is 1.98. The van der Waals surface area contributed by atoms with Crippen LogP contribution in [0.3, 0.4) is 0 Å². The molecule has 0 bridgehead atoms. The van der Waals surface area contributed by atoms with Crippen LogP contribution in [0.1, 0.15) is 10.4 Å². The molecule has 0 spiro atoms. The molecule has 13 heavy (non-hydrogen) atoms. The first kappa shape index (κ1) is 8.07. The molecular weight excluding hydrogens is 192 g/mol. The third kappa shape index (κ3) is 1.15. The number of nitrogens with zero attached hydrogens (tertiary/aromatic N) is 1. The minimum Gasteiger partial charge on any atom is -0.505 e. The van der Waals surface area contributed by atoms with E-state index in [1.165, 1.54) is 12.4 Å². The number of carbonyl (C=O) groups is 1. The molecule has 0 aliphatic rings. The van der Waals surface area contributed by atoms with Gasteiger partial charge in [-0.25, -0.2) is 4.98 Å². The van der Waals surface area contributed by atoms with Crippen LogP contribution in [0.2, 0.25) is 0 Å². The fourth-order valence-corrected chi connectivity index (χ4v) is 1.30. The highest BCUT2D eigenvalue weighted by Gasteiger charge is 2.12. The standard InChI is InChI=1S/C8H5ClN2O2/c9-8(13)4-1-2-5-6(7(4)12)11-3-10-5/h1-3,12H,(H,10,11). The zero-order valence-electron chi connectivity index (χ0n) is 6.41. The van der Waals surface area contributed by atoms with E-state index in [0.717, 1.165) is 0 Å². The Morgan fingerprint density at radius 1 is 1.54 bits per heavy atom. The van der Waals surface area contributed by atoms with E-state index in [1.807, 2.05) is 0 Å². The van der Waals surface area contributed by atoms with Gasteiger partial charge in [0.2, 0.25) is 0 Å². The molecule has 0 saturated carbocycles. The lowest BCUT2D eigenvalue weighted by molar-refractivity contribution is 0.107. The Balaban J connectivity index is 2.80. The van der Waals surface area contributed by atoms with Crippen LogP contribution in [0, 0.1) is 0 Å². The molecule has 0 fully saturated rings. The maximum Gasteiger partial charge on any atom is 0.256 e. The van der Waals surface area contributed by atoms with E-state index in [-0.39, 0.29) is 11.3 Å². The molecule has 0 unspecified atom stereocenters. The number of aromatic amines is 1. The molecule has 0 aliphatic heterocycles. The molecule has 2 aromatic rings. The molecule has 0 aliphatic carbocycles. The van der Waals surface area contributed by atoms with Gasteiger partial charge in [-0.15, -0.1) is 0 Å². The quantitative estimate of drug-likeness (QED) is 0.682. The first-order chi connectivity index (χ1) is 6.20. The predicted molar refractivity (Wildman–Crippen MR) is 47.9 cm³/mol. The van der Waals surface area contributed by atoms with Crippen LogP contribution >= 0.6 is 11.6 Å². The van der Waals surface area contributed by atoms with Crippen molar-refractivity contribution >= 4 is 27.9 Å². The van der Waals surface area contributed by atoms with Gasteiger partial charge in [0, 0.05) is 0 Å². The van der Waals surface area contributed by atoms with Crippen molar-refractivity contribution in [3.63, 3.8) is 0 Å². The largest absolute Gasteiger partial charge is 0.505 e. The Hall–Kier alpha value is -1.55. The van der Waals surface area contributed by atoms with Gasteiger partial charge in [-0.3, -0.25) is 4.79 Å². The number of nitrogens with one attached hydrogen (secondary N) is 1. The summed E-state index contributed by atoms with van der Waals surface area (Å²) in [7, 11) is 0. The lowest BCUT2D eigenvalue weighted by Gasteiger charge is -1.98. The molecular formula is C8H5ClN2O2. The highest BCUT2D eigenvalue weighted by Crippen LogP contribution is 2.26. The topological polar surface area (TPSA) is 66.0 Å². The first-order valence-electron chi connectivity index (χ1n) is 3.55. The molecule has 0 amide bonds. The normalized spacial score (nSPS) is 10.5. The molecule has 4 nitrogen and oxygen atoms in total. The van der Waals surface area contributed by atoms with Crippen molar-refractivity contribution < 1.29 is 9.90 Å². The van der Waals surface area contributed by atoms with Crippen molar-refractivity contribution in [3.8, 4) is 5.75 Å². The van der Waals surface area contributed by atoms with Crippen molar-refractivity contribution in [1.82, 2.24) is 9.97 Å². The second-order valence-corrected chi connectivity index (χ2v) is 2.88. The third-order valence-electron chi connectivity index (χ3n) is 1.78. The van der Waals surface area contributed by atoms with Crippen molar-refractivity contribution in [2.45, 2.75) is 0 Å². The Kier molecular flexibility index (Phi) is 1.70. The number of phenols is 1. The van der Waals surface area contributed by atoms with Gasteiger partial charge in [-0.05, 0) is 23.7 Å². The number of halogens is 1. The number of aromatic hydroxyl groups is 1. The molecule has 1 heterocycles. The average molecular weight is 197 g/mol. The number of rotatable bonds is 1. The Morgan fingerprint density at radius 3 is 3.00 bits per heavy atom. The molecule has 0 saturated heterocycles. The monoisotopic (exact) mass is 196 g/mol. The summed E-state index contributed by atoms with van der Waals surface area (Å²) < 4.78 is 0. The van der Waals surface area contributed by atoms with Crippen molar-refractivity contribution in [3.05, 3.63) is 24.0 Å². The number of hydrogen-bond acceptors (Lipinski definition) is 3. The van der Waals surface area contributed by atoms with Crippen molar-refractivity contribution in [1.29, 1.82) is 0 Å². The predicted octanol–water partition coefficient (Wildman–Crippen LogP) is 1.65. The Bertz CT molecular complexity index is 478. The van der Waals surface area contributed by atoms with Gasteiger partial charge < -0.3 is 10.1 Å². The van der Waals surface area contributed by atoms with Crippen LogP contribution < -0.4 is 0 Å². The van der Waals surface area contributed by atoms with E-state index < -0.39 is 5.24 Å². The van der Waals surface area contributed by atoms with Gasteiger partial charge in [0.1, 0.15) is 5.52 Å². The van der Waals surface area contributed by atoms with Crippen LogP contribution in [0.5, 0.6) is 5.75 Å². The fraction of sp³-hybridized carbons (Fsp3) is 0. The Labute approximate surface area is 78.2 Å². The number of hydrogen-bond donors (Lipinski definition) is 2. The maximum absolute atomic E-state index is 10.8. The zero-order valence-corrected chi connectivity index (χ0v) is 7.17. The fourth-order valence-electron chi connectivity index (χ4n) is 1.15. The minimum absolute atomic E-state index is 0.0706. The lowest BCUT2D eigenvalue weighted by atomic mass is 10.2. The van der Waals surface area contributed by atoms with Gasteiger partial charge in [-0.1, -0.05) is 0 Å². The first-order valence-corrected chi connectivity index (χ1v) is 3.93. The van der Waals surface area contributed by atoms with E-state index >= 15 is 0 Å². The Morgan fingerprint density at radius 2 is 2.31 bits per heavy atom. The van der Waals surface area contributed by atoms with E-state index in [9.17, 15) is 9.90 Å². The molecule has 2 N–H and O–H groups in total. The average Bonchev–Trinajstić information content (AvgIpc) is 2.52. The summed E-state index contributed by atoms with van der Waals surface area (Å²) in [5.74, 6) is -0.182. The summed E-state index contributed by atoms with van der Waals surface area (Å²) >= 11 is 5.24. The number of H-pyrrole nitrogens is 1. The molecule has 0 atom stereocenters. The second kappa shape index (κ2) is 2.74. The van der Waals surface area contributed by atoms with Gasteiger partial charge in [0.15, 0.2) is 5.75 Å². The number of aromatic nitrogens is 2. The number of phenolic OH excluding ortho intramolecular Hbond substituents is 1. The second-order valence-electron chi connectivity index (χ2n) is 2.53. The minimum atomic E-state index is -0.692. The SMILES string of the molecule is O=C(Cl)c1ccc2[nH]cnc2c1O. The lowest BCUT2D eigenvalue weighted by Crippen LogP contribution is -1.89. The van der Waals surface area contributed by atoms with Crippen molar-refractivity contribution in [2.24, 2.45) is 0 Å². The number of benzene rings is 1. The van der Waals surface area contributed by atoms with Crippen LogP contribution in [0.4, 0.5) is 0 Å². The summed E-state index contributed by atoms with van der Waals surface area (Å²) in [6.45, 7) is 0. The molecule has 66 valence electrons. The molecule has 0 radical (unpaired) electrons. The summed E-state index contributed by atoms with van der Waals surface area (Å²) in [5, 5.41) is 8.83. The van der Waals surface area contributed by atoms with Crippen LogP contribution in [0.25, 0.3) is 11.0 Å². The van der Waals surface area contributed by atoms with Gasteiger partial charge in [0.05, 0.1) is 17.4 Å². The highest BCUT2D eigenvalue weighted by atomic mass is 35.5. The molecule has 5 heteroatoms. The summed E-state index contributed by atoms with van der Waals surface area (Å²) in [6.07, 6.45) is 1.44. The van der Waals surface area contributed by atoms with Crippen molar-refractivity contribution in [2.75, 3.05) is 0 Å². The van der Waals surface area contributed by atoms with E-state index in [0.29, 0.717) is 11.0 Å². The number of imidazole rings is 1. The molecule has 1 aromatic heterocycles. The number of fused-ring (bicyclic) bond motifs is 1.